The van der Waals surface area contributed by atoms with Crippen LogP contribution in [0.3, 0.4) is 0 Å². The molecular formula is C18H12Cl2FN3O2S2. The number of hydrogen-bond donors (Lipinski definition) is 0. The van der Waals surface area contributed by atoms with Gasteiger partial charge in [0.15, 0.2) is 5.16 Å². The molecule has 0 atom stereocenters. The number of sulfonamides is 1. The van der Waals surface area contributed by atoms with E-state index in [9.17, 15) is 12.8 Å². The number of anilines is 1. The van der Waals surface area contributed by atoms with Crippen molar-refractivity contribution in [2.45, 2.75) is 15.8 Å². The lowest BCUT2D eigenvalue weighted by Crippen LogP contribution is -2.31. The zero-order valence-electron chi connectivity index (χ0n) is 14.4. The van der Waals surface area contributed by atoms with Crippen LogP contribution in [0.4, 0.5) is 10.1 Å². The lowest BCUT2D eigenvalue weighted by molar-refractivity contribution is 0.592. The van der Waals surface area contributed by atoms with Crippen LogP contribution in [0, 0.1) is 5.82 Å². The maximum Gasteiger partial charge on any atom is 0.267 e. The van der Waals surface area contributed by atoms with Gasteiger partial charge in [-0.05, 0) is 30.3 Å². The Hall–Kier alpha value is -1.87. The van der Waals surface area contributed by atoms with Gasteiger partial charge in [0.1, 0.15) is 10.7 Å². The summed E-state index contributed by atoms with van der Waals surface area (Å²) in [6, 6.07) is 9.44. The van der Waals surface area contributed by atoms with E-state index in [-0.39, 0.29) is 10.6 Å². The summed E-state index contributed by atoms with van der Waals surface area (Å²) in [7, 11) is -2.33. The van der Waals surface area contributed by atoms with E-state index in [1.54, 1.807) is 24.3 Å². The molecule has 0 bridgehead atoms. The molecule has 0 saturated heterocycles. The highest BCUT2D eigenvalue weighted by Gasteiger charge is 2.34. The summed E-state index contributed by atoms with van der Waals surface area (Å²) in [4.78, 5) is 8.58. The Morgan fingerprint density at radius 2 is 2.00 bits per heavy atom. The van der Waals surface area contributed by atoms with Crippen LogP contribution in [0.15, 0.2) is 52.6 Å². The molecule has 0 radical (unpaired) electrons. The fraction of sp³-hybridized carbons (Fsp3) is 0.111. The Balaban J connectivity index is 1.76. The Morgan fingerprint density at radius 3 is 2.75 bits per heavy atom. The average molecular weight is 456 g/mol. The number of fused-ring (bicyclic) bond motifs is 3. The summed E-state index contributed by atoms with van der Waals surface area (Å²) in [5.41, 5.74) is 1.70. The van der Waals surface area contributed by atoms with Crippen LogP contribution in [0.5, 0.6) is 0 Å². The summed E-state index contributed by atoms with van der Waals surface area (Å²) < 4.78 is 40.7. The summed E-state index contributed by atoms with van der Waals surface area (Å²) in [5.74, 6) is -0.202. The van der Waals surface area contributed by atoms with Crippen molar-refractivity contribution in [1.29, 1.82) is 0 Å². The molecule has 0 unspecified atom stereocenters. The van der Waals surface area contributed by atoms with E-state index in [0.717, 1.165) is 4.31 Å². The second kappa shape index (κ2) is 7.18. The molecule has 1 aliphatic heterocycles. The number of aromatic nitrogens is 2. The van der Waals surface area contributed by atoms with Crippen molar-refractivity contribution in [3.05, 3.63) is 64.0 Å². The quantitative estimate of drug-likeness (QED) is 0.409. The van der Waals surface area contributed by atoms with Crippen LogP contribution >= 0.6 is 35.0 Å². The largest absolute Gasteiger partial charge is 0.269 e. The van der Waals surface area contributed by atoms with Gasteiger partial charge in [0.2, 0.25) is 0 Å². The van der Waals surface area contributed by atoms with E-state index >= 15 is 0 Å². The highest BCUT2D eigenvalue weighted by molar-refractivity contribution is 7.98. The molecular weight excluding hydrogens is 444 g/mol. The van der Waals surface area contributed by atoms with Crippen LogP contribution in [-0.4, -0.2) is 25.4 Å². The van der Waals surface area contributed by atoms with E-state index in [1.165, 1.54) is 37.1 Å². The third kappa shape index (κ3) is 3.24. The molecule has 28 heavy (non-hydrogen) atoms. The number of hydrogen-bond acceptors (Lipinski definition) is 5. The molecule has 0 fully saturated rings. The predicted molar refractivity (Wildman–Crippen MR) is 109 cm³/mol. The monoisotopic (exact) mass is 455 g/mol. The predicted octanol–water partition coefficient (Wildman–Crippen LogP) is 5.02. The molecule has 10 heteroatoms. The molecule has 1 aliphatic rings. The third-order valence-corrected chi connectivity index (χ3v) is 7.58. The van der Waals surface area contributed by atoms with Crippen LogP contribution in [0.1, 0.15) is 5.56 Å². The van der Waals surface area contributed by atoms with Crippen molar-refractivity contribution in [2.24, 2.45) is 0 Å². The topological polar surface area (TPSA) is 63.2 Å². The normalized spacial score (nSPS) is 14.5. The fourth-order valence-electron chi connectivity index (χ4n) is 2.86. The maximum atomic E-state index is 14.0. The van der Waals surface area contributed by atoms with E-state index in [4.69, 9.17) is 23.2 Å². The number of halogens is 3. The lowest BCUT2D eigenvalue weighted by Gasteiger charge is -2.28. The standard InChI is InChI=1S/C18H12Cl2FN3O2S2/c1-24-15-7-10(19)5-6-11(15)17-16(28(24,25)26)8-22-18(23-17)27-9-12-13(20)3-2-4-14(12)21/h2-8H,9H2,1H3. The molecule has 0 amide bonds. The maximum absolute atomic E-state index is 14.0. The molecule has 144 valence electrons. The minimum atomic E-state index is -3.79. The molecule has 0 spiro atoms. The number of thioether (sulfide) groups is 1. The van der Waals surface area contributed by atoms with Gasteiger partial charge in [-0.2, -0.15) is 0 Å². The first-order chi connectivity index (χ1) is 13.3. The molecule has 2 aromatic carbocycles. The van der Waals surface area contributed by atoms with Crippen LogP contribution in [0.25, 0.3) is 11.3 Å². The van der Waals surface area contributed by atoms with Crippen LogP contribution < -0.4 is 4.31 Å². The van der Waals surface area contributed by atoms with Crippen LogP contribution in [-0.2, 0) is 15.8 Å². The van der Waals surface area contributed by atoms with E-state index in [0.29, 0.717) is 37.7 Å². The van der Waals surface area contributed by atoms with Gasteiger partial charge in [-0.15, -0.1) is 0 Å². The minimum Gasteiger partial charge on any atom is -0.269 e. The molecule has 5 nitrogen and oxygen atoms in total. The zero-order valence-corrected chi connectivity index (χ0v) is 17.5. The SMILES string of the molecule is CN1c2cc(Cl)ccc2-c2nc(SCc3c(F)cccc3Cl)ncc2S1(=O)=O. The molecule has 4 rings (SSSR count). The summed E-state index contributed by atoms with van der Waals surface area (Å²) in [6.45, 7) is 0. The highest BCUT2D eigenvalue weighted by Crippen LogP contribution is 2.42. The van der Waals surface area contributed by atoms with Crippen molar-refractivity contribution >= 4 is 50.7 Å². The first-order valence-electron chi connectivity index (χ1n) is 8.00. The Morgan fingerprint density at radius 1 is 1.21 bits per heavy atom. The Labute approximate surface area is 175 Å². The average Bonchev–Trinajstić information content (AvgIpc) is 2.66. The van der Waals surface area contributed by atoms with Crippen LogP contribution in [0.2, 0.25) is 10.0 Å². The van der Waals surface area contributed by atoms with Gasteiger partial charge in [-0.3, -0.25) is 4.31 Å². The number of benzene rings is 2. The van der Waals surface area contributed by atoms with Gasteiger partial charge >= 0.3 is 0 Å². The molecule has 3 aromatic rings. The molecule has 0 aliphatic carbocycles. The highest BCUT2D eigenvalue weighted by atomic mass is 35.5. The van der Waals surface area contributed by atoms with Gasteiger partial charge in [-0.1, -0.05) is 41.0 Å². The molecule has 0 saturated carbocycles. The minimum absolute atomic E-state index is 0.0121. The number of rotatable bonds is 3. The van der Waals surface area contributed by atoms with Crippen molar-refractivity contribution in [1.82, 2.24) is 9.97 Å². The van der Waals surface area contributed by atoms with Crippen molar-refractivity contribution in [3.8, 4) is 11.3 Å². The van der Waals surface area contributed by atoms with Gasteiger partial charge < -0.3 is 0 Å². The third-order valence-electron chi connectivity index (χ3n) is 4.33. The molecule has 2 heterocycles. The smallest absolute Gasteiger partial charge is 0.267 e. The first-order valence-corrected chi connectivity index (χ1v) is 11.2. The van der Waals surface area contributed by atoms with Gasteiger partial charge in [0.25, 0.3) is 10.0 Å². The van der Waals surface area contributed by atoms with E-state index in [1.807, 2.05) is 0 Å². The van der Waals surface area contributed by atoms with Crippen molar-refractivity contribution in [2.75, 3.05) is 11.4 Å². The van der Waals surface area contributed by atoms with Gasteiger partial charge in [-0.25, -0.2) is 22.8 Å². The number of nitrogens with zero attached hydrogens (tertiary/aromatic N) is 3. The Bertz CT molecular complexity index is 1190. The second-order valence-electron chi connectivity index (χ2n) is 5.99. The lowest BCUT2D eigenvalue weighted by atomic mass is 10.1. The molecule has 0 N–H and O–H groups in total. The second-order valence-corrected chi connectivity index (χ2v) is 9.71. The first kappa shape index (κ1) is 19.4. The summed E-state index contributed by atoms with van der Waals surface area (Å²) in [5, 5.41) is 1.05. The summed E-state index contributed by atoms with van der Waals surface area (Å²) in [6.07, 6.45) is 1.27. The van der Waals surface area contributed by atoms with Gasteiger partial charge in [0.05, 0.1) is 17.6 Å². The van der Waals surface area contributed by atoms with E-state index < -0.39 is 15.8 Å². The van der Waals surface area contributed by atoms with Gasteiger partial charge in [0, 0.05) is 34.0 Å². The summed E-state index contributed by atoms with van der Waals surface area (Å²) >= 11 is 13.3. The van der Waals surface area contributed by atoms with Crippen molar-refractivity contribution in [3.63, 3.8) is 0 Å². The fourth-order valence-corrected chi connectivity index (χ4v) is 5.47. The van der Waals surface area contributed by atoms with E-state index in [2.05, 4.69) is 9.97 Å². The zero-order chi connectivity index (χ0) is 20.1. The van der Waals surface area contributed by atoms with Crippen molar-refractivity contribution < 1.29 is 12.8 Å². The molecule has 1 aromatic heterocycles. The Kier molecular flexibility index (Phi) is 4.99.